The zero-order chi connectivity index (χ0) is 89.3. The highest BCUT2D eigenvalue weighted by atomic mass is 15.6. The highest BCUT2D eigenvalue weighted by Gasteiger charge is 2.09. The van der Waals surface area contributed by atoms with E-state index in [1.165, 1.54) is 136 Å². The van der Waals surface area contributed by atoms with E-state index < -0.39 is 0 Å². The van der Waals surface area contributed by atoms with Crippen LogP contribution in [0.5, 0.6) is 0 Å². The lowest BCUT2D eigenvalue weighted by Gasteiger charge is -1.94. The van der Waals surface area contributed by atoms with Crippen LogP contribution in [0.1, 0.15) is 430 Å². The summed E-state index contributed by atoms with van der Waals surface area (Å²) in [6, 6.07) is 53.9. The summed E-state index contributed by atoms with van der Waals surface area (Å²) in [6.07, 6.45) is 20.2. The molecule has 0 amide bonds. The van der Waals surface area contributed by atoms with E-state index in [1.54, 1.807) is 11.1 Å². The molecule has 0 fully saturated rings. The number of nitrogens with one attached hydrogen (secondary N) is 7. The number of hydrogen-bond donors (Lipinski definition) is 7. The van der Waals surface area contributed by atoms with Crippen molar-refractivity contribution in [3.63, 3.8) is 0 Å². The molecule has 0 unspecified atom stereocenters. The van der Waals surface area contributed by atoms with Crippen LogP contribution >= 0.6 is 0 Å². The van der Waals surface area contributed by atoms with Crippen molar-refractivity contribution < 1.29 is 0 Å². The normalized spacial score (nSPS) is 9.08. The Labute approximate surface area is 695 Å². The molecule has 1 aliphatic carbocycles. The molecule has 0 aromatic heterocycles. The molecule has 109 heavy (non-hydrogen) atoms. The molecule has 0 radical (unpaired) electrons. The summed E-state index contributed by atoms with van der Waals surface area (Å²) in [5, 5.41) is 13.0. The van der Waals surface area contributed by atoms with Crippen molar-refractivity contribution in [2.45, 2.75) is 434 Å². The highest BCUT2D eigenvalue weighted by Crippen LogP contribution is 2.25. The number of para-hydroxylation sites is 5. The molecule has 0 spiro atoms. The first-order chi connectivity index (χ1) is 53.3. The molecule has 7 N–H and O–H groups in total. The Morgan fingerprint density at radius 2 is 0.394 bits per heavy atom. The predicted octanol–water partition coefficient (Wildman–Crippen LogP) is 37.5. The molecule has 11 rings (SSSR count). The summed E-state index contributed by atoms with van der Waals surface area (Å²) in [5.41, 5.74) is 22.1. The summed E-state index contributed by atoms with van der Waals surface area (Å²) in [5.74, 6) is 0. The lowest BCUT2D eigenvalue weighted by Crippen LogP contribution is -2.19. The SMILES string of the molecule is CC.CC.CC.CC.CC.CC.CC.CC.CC.CC.CC.CCC.CCC.CCC.CCC.CCC.CCC.CCC.CCC.CCC.CCC.CCC.CCC.c1ccc2c(c1)CCC2.c1ccc2c(c1)CCN2.c1ccc2c(c1)CNC2.c1ccc2c(c1)NCN2.c1ccc2c(c1)NNN2.c1ccccc1. The second kappa shape index (κ2) is 176. The van der Waals surface area contributed by atoms with Gasteiger partial charge in [-0.1, -0.05) is 523 Å². The van der Waals surface area contributed by atoms with Gasteiger partial charge in [0.05, 0.1) is 29.4 Å². The maximum Gasteiger partial charge on any atom is 0.0850 e. The molecule has 6 aromatic carbocycles. The average molecular weight is 1540 g/mol. The quantitative estimate of drug-likeness (QED) is 0.0816. The third-order valence-corrected chi connectivity index (χ3v) is 8.96. The molecule has 7 nitrogen and oxygen atoms in total. The van der Waals surface area contributed by atoms with Gasteiger partial charge < -0.3 is 32.1 Å². The van der Waals surface area contributed by atoms with Gasteiger partial charge in [0, 0.05) is 25.3 Å². The zero-order valence-electron chi connectivity index (χ0n) is 83.7. The van der Waals surface area contributed by atoms with Gasteiger partial charge >= 0.3 is 0 Å². The first-order valence-corrected chi connectivity index (χ1v) is 45.9. The fourth-order valence-electron chi connectivity index (χ4n) is 6.27. The van der Waals surface area contributed by atoms with E-state index in [-0.39, 0.29) is 0 Å². The topological polar surface area (TPSA) is 84.2 Å². The fourth-order valence-corrected chi connectivity index (χ4v) is 6.27. The van der Waals surface area contributed by atoms with Crippen LogP contribution in [0.25, 0.3) is 0 Å². The standard InChI is InChI=1S/C9H10.2C8H9N.C7H8N2.C6H7N3.C6H6.12C3H8.11C2H6/c1-2-5-9-7-3-6-8(9)4-1;1-2-4-8-6-9-5-7(8)3-1;1-2-4-8-7(3-1)5-6-9-8;1-2-4-7-6(3-1)8-5-9-7;1-2-4-6-5(3-1)7-9-8-6;1-2-4-6-5-3-1;12*1-3-2;11*1-2/h1-2,4-5H,3,6-7H2;2*1-4,9H,5-6H2;1-4,8-9H,5H2;1-4,7-9H;1-6H;12*3H2,1-2H3;11*1-2H3. The van der Waals surface area contributed by atoms with Crippen LogP contribution in [-0.4, -0.2) is 13.2 Å². The molecule has 0 atom stereocenters. The van der Waals surface area contributed by atoms with Crippen LogP contribution in [0, 0.1) is 0 Å². The minimum Gasteiger partial charge on any atom is -0.384 e. The molecular formula is C102H211N7. The Morgan fingerprint density at radius 3 is 0.624 bits per heavy atom. The molecular weight excluding hydrogens is 1320 g/mol. The van der Waals surface area contributed by atoms with Crippen LogP contribution in [0.3, 0.4) is 0 Å². The van der Waals surface area contributed by atoms with Crippen LogP contribution in [0.4, 0.5) is 28.4 Å². The van der Waals surface area contributed by atoms with Crippen molar-refractivity contribution in [1.82, 2.24) is 10.9 Å². The first-order valence-electron chi connectivity index (χ1n) is 45.9. The molecule has 654 valence electrons. The molecule has 4 aliphatic heterocycles. The monoisotopic (exact) mass is 1530 g/mol. The van der Waals surface area contributed by atoms with Gasteiger partial charge in [0.2, 0.25) is 0 Å². The Balaban J connectivity index is -0.0000000505. The van der Waals surface area contributed by atoms with Crippen molar-refractivity contribution in [2.75, 3.05) is 40.0 Å². The summed E-state index contributed by atoms with van der Waals surface area (Å²) >= 11 is 0. The fraction of sp³-hybridized carbons (Fsp3) is 0.647. The second-order valence-electron chi connectivity index (χ2n) is 21.0. The van der Waals surface area contributed by atoms with Gasteiger partial charge in [0.15, 0.2) is 0 Å². The number of hydrogen-bond acceptors (Lipinski definition) is 7. The third-order valence-electron chi connectivity index (χ3n) is 8.96. The van der Waals surface area contributed by atoms with E-state index in [4.69, 9.17) is 0 Å². The maximum atomic E-state index is 3.30. The van der Waals surface area contributed by atoms with Crippen LogP contribution < -0.4 is 37.7 Å². The lowest BCUT2D eigenvalue weighted by atomic mass is 10.1. The van der Waals surface area contributed by atoms with Crippen LogP contribution in [0.2, 0.25) is 0 Å². The third kappa shape index (κ3) is 141. The van der Waals surface area contributed by atoms with E-state index in [0.717, 1.165) is 37.7 Å². The molecule has 0 saturated carbocycles. The number of hydrazine groups is 2. The molecule has 6 aromatic rings. The van der Waals surface area contributed by atoms with Gasteiger partial charge in [0.25, 0.3) is 0 Å². The maximum absolute atomic E-state index is 3.30. The van der Waals surface area contributed by atoms with Crippen molar-refractivity contribution in [1.29, 1.82) is 0 Å². The summed E-state index contributed by atoms with van der Waals surface area (Å²) in [4.78, 5) is 0. The van der Waals surface area contributed by atoms with Gasteiger partial charge in [-0.25, -0.2) is 0 Å². The zero-order valence-corrected chi connectivity index (χ0v) is 83.7. The molecule has 5 aliphatic rings. The van der Waals surface area contributed by atoms with E-state index in [9.17, 15) is 0 Å². The van der Waals surface area contributed by atoms with Crippen LogP contribution in [-0.2, 0) is 32.4 Å². The van der Waals surface area contributed by atoms with E-state index >= 15 is 0 Å². The number of benzene rings is 6. The molecule has 4 heterocycles. The number of aryl methyl sites for hydroxylation is 2. The number of fused-ring (bicyclic) bond motifs is 5. The average Bonchev–Trinajstić information content (AvgIpc) is 1.81. The van der Waals surface area contributed by atoms with Gasteiger partial charge in [-0.15, -0.1) is 5.53 Å². The second-order valence-corrected chi connectivity index (χ2v) is 21.0. The molecule has 0 bridgehead atoms. The molecule has 7 heteroatoms. The van der Waals surface area contributed by atoms with E-state index in [1.807, 2.05) is 225 Å². The number of anilines is 5. The smallest absolute Gasteiger partial charge is 0.0850 e. The highest BCUT2D eigenvalue weighted by molar-refractivity contribution is 5.72. The van der Waals surface area contributed by atoms with Gasteiger partial charge in [-0.05, 0) is 83.8 Å². The Bertz CT molecular complexity index is 1650. The van der Waals surface area contributed by atoms with Gasteiger partial charge in [-0.2, -0.15) is 0 Å². The van der Waals surface area contributed by atoms with Gasteiger partial charge in [-0.3, -0.25) is 0 Å². The summed E-state index contributed by atoms with van der Waals surface area (Å²) < 4.78 is 0. The largest absolute Gasteiger partial charge is 0.384 e. The van der Waals surface area contributed by atoms with Crippen molar-refractivity contribution >= 4 is 28.4 Å². The summed E-state index contributed by atoms with van der Waals surface area (Å²) in [6.45, 7) is 99.1. The van der Waals surface area contributed by atoms with E-state index in [0.29, 0.717) is 0 Å². The predicted molar refractivity (Wildman–Crippen MR) is 532 cm³/mol. The summed E-state index contributed by atoms with van der Waals surface area (Å²) in [7, 11) is 0. The van der Waals surface area contributed by atoms with Gasteiger partial charge in [0.1, 0.15) is 0 Å². The lowest BCUT2D eigenvalue weighted by molar-refractivity contribution is 0.765. The Kier molecular flexibility index (Phi) is 239. The number of rotatable bonds is 0. The Morgan fingerprint density at radius 1 is 0.202 bits per heavy atom. The van der Waals surface area contributed by atoms with Crippen molar-refractivity contribution in [3.05, 3.63) is 186 Å². The van der Waals surface area contributed by atoms with Crippen molar-refractivity contribution in [2.24, 2.45) is 0 Å². The van der Waals surface area contributed by atoms with Crippen molar-refractivity contribution in [3.8, 4) is 0 Å². The van der Waals surface area contributed by atoms with Crippen LogP contribution in [0.15, 0.2) is 158 Å². The Hall–Kier alpha value is -5.76. The minimum absolute atomic E-state index is 0.860. The minimum atomic E-state index is 0.860. The first kappa shape index (κ1) is 149. The molecule has 0 saturated heterocycles. The van der Waals surface area contributed by atoms with E-state index in [2.05, 4.69) is 289 Å².